The zero-order chi connectivity index (χ0) is 13.2. The molecule has 0 saturated carbocycles. The molecule has 0 aliphatic rings. The SMILES string of the molecule is CC(=O)c1cc(Oc2ccc3[nH]ccc3c2)ccn1. The third kappa shape index (κ3) is 2.33. The van der Waals surface area contributed by atoms with Crippen LogP contribution in [0, 0.1) is 0 Å². The van der Waals surface area contributed by atoms with Crippen LogP contribution in [0.4, 0.5) is 0 Å². The van der Waals surface area contributed by atoms with Crippen molar-refractivity contribution in [3.8, 4) is 11.5 Å². The number of ketones is 1. The molecular formula is C15H12N2O2. The monoisotopic (exact) mass is 252 g/mol. The first-order valence-electron chi connectivity index (χ1n) is 5.94. The lowest BCUT2D eigenvalue weighted by molar-refractivity contribution is 0.101. The van der Waals surface area contributed by atoms with Crippen LogP contribution in [0.15, 0.2) is 48.8 Å². The summed E-state index contributed by atoms with van der Waals surface area (Å²) < 4.78 is 5.74. The van der Waals surface area contributed by atoms with Crippen molar-refractivity contribution in [3.63, 3.8) is 0 Å². The van der Waals surface area contributed by atoms with Gasteiger partial charge in [-0.1, -0.05) is 0 Å². The van der Waals surface area contributed by atoms with E-state index in [4.69, 9.17) is 4.74 Å². The largest absolute Gasteiger partial charge is 0.457 e. The molecule has 0 atom stereocenters. The number of benzene rings is 1. The molecular weight excluding hydrogens is 240 g/mol. The highest BCUT2D eigenvalue weighted by molar-refractivity contribution is 5.92. The molecule has 0 fully saturated rings. The molecule has 19 heavy (non-hydrogen) atoms. The van der Waals surface area contributed by atoms with Crippen molar-refractivity contribution >= 4 is 16.7 Å². The second-order valence-electron chi connectivity index (χ2n) is 4.26. The molecule has 94 valence electrons. The number of pyridine rings is 1. The fourth-order valence-corrected chi connectivity index (χ4v) is 1.90. The molecule has 0 spiro atoms. The highest BCUT2D eigenvalue weighted by Crippen LogP contribution is 2.25. The number of nitrogens with zero attached hydrogens (tertiary/aromatic N) is 1. The molecule has 0 unspecified atom stereocenters. The maximum Gasteiger partial charge on any atom is 0.178 e. The average molecular weight is 252 g/mol. The zero-order valence-corrected chi connectivity index (χ0v) is 10.4. The number of H-pyrrole nitrogens is 1. The third-order valence-corrected chi connectivity index (χ3v) is 2.85. The van der Waals surface area contributed by atoms with E-state index in [1.807, 2.05) is 30.5 Å². The van der Waals surface area contributed by atoms with E-state index in [1.54, 1.807) is 18.3 Å². The average Bonchev–Trinajstić information content (AvgIpc) is 2.86. The summed E-state index contributed by atoms with van der Waals surface area (Å²) in [4.78, 5) is 18.4. The minimum Gasteiger partial charge on any atom is -0.457 e. The first kappa shape index (κ1) is 11.5. The lowest BCUT2D eigenvalue weighted by Gasteiger charge is -2.06. The Labute approximate surface area is 110 Å². The Hall–Kier alpha value is -2.62. The number of aromatic amines is 1. The Morgan fingerprint density at radius 2 is 2.00 bits per heavy atom. The van der Waals surface area contributed by atoms with Gasteiger partial charge in [-0.15, -0.1) is 0 Å². The highest BCUT2D eigenvalue weighted by Gasteiger charge is 2.04. The summed E-state index contributed by atoms with van der Waals surface area (Å²) in [5, 5.41) is 1.08. The molecule has 2 aromatic heterocycles. The van der Waals surface area contributed by atoms with Crippen LogP contribution in [0.3, 0.4) is 0 Å². The summed E-state index contributed by atoms with van der Waals surface area (Å²) in [5.41, 5.74) is 1.46. The van der Waals surface area contributed by atoms with E-state index in [1.165, 1.54) is 6.92 Å². The number of carbonyl (C=O) groups is 1. The molecule has 0 radical (unpaired) electrons. The number of fused-ring (bicyclic) bond motifs is 1. The van der Waals surface area contributed by atoms with Gasteiger partial charge in [0.2, 0.25) is 0 Å². The number of carbonyl (C=O) groups excluding carboxylic acids is 1. The summed E-state index contributed by atoms with van der Waals surface area (Å²) >= 11 is 0. The van der Waals surface area contributed by atoms with Crippen LogP contribution in [0.5, 0.6) is 11.5 Å². The number of aromatic nitrogens is 2. The summed E-state index contributed by atoms with van der Waals surface area (Å²) in [7, 11) is 0. The Kier molecular flexibility index (Phi) is 2.76. The topological polar surface area (TPSA) is 55.0 Å². The van der Waals surface area contributed by atoms with Crippen LogP contribution in [0.2, 0.25) is 0 Å². The molecule has 0 saturated heterocycles. The van der Waals surface area contributed by atoms with Crippen LogP contribution < -0.4 is 4.74 Å². The summed E-state index contributed by atoms with van der Waals surface area (Å²) in [6.45, 7) is 1.48. The van der Waals surface area contributed by atoms with Crippen LogP contribution in [-0.4, -0.2) is 15.8 Å². The van der Waals surface area contributed by atoms with Gasteiger partial charge in [0.15, 0.2) is 5.78 Å². The Bertz CT molecular complexity index is 746. The fourth-order valence-electron chi connectivity index (χ4n) is 1.90. The van der Waals surface area contributed by atoms with E-state index in [9.17, 15) is 4.79 Å². The molecule has 0 bridgehead atoms. The van der Waals surface area contributed by atoms with Crippen molar-refractivity contribution in [3.05, 3.63) is 54.5 Å². The van der Waals surface area contributed by atoms with Gasteiger partial charge in [-0.25, -0.2) is 0 Å². The quantitative estimate of drug-likeness (QED) is 0.725. The summed E-state index contributed by atoms with van der Waals surface area (Å²) in [5.74, 6) is 1.26. The van der Waals surface area contributed by atoms with Crippen LogP contribution in [-0.2, 0) is 0 Å². The highest BCUT2D eigenvalue weighted by atomic mass is 16.5. The maximum absolute atomic E-state index is 11.3. The predicted molar refractivity (Wildman–Crippen MR) is 72.6 cm³/mol. The second kappa shape index (κ2) is 4.57. The number of Topliss-reactive ketones (excluding diaryl/α,β-unsaturated/α-hetero) is 1. The van der Waals surface area contributed by atoms with Crippen LogP contribution in [0.1, 0.15) is 17.4 Å². The van der Waals surface area contributed by atoms with Gasteiger partial charge in [-0.2, -0.15) is 0 Å². The van der Waals surface area contributed by atoms with E-state index in [0.29, 0.717) is 11.4 Å². The lowest BCUT2D eigenvalue weighted by atomic mass is 10.2. The van der Waals surface area contributed by atoms with Gasteiger partial charge in [-0.05, 0) is 30.3 Å². The molecule has 3 aromatic rings. The van der Waals surface area contributed by atoms with Gasteiger partial charge in [0.25, 0.3) is 0 Å². The van der Waals surface area contributed by atoms with Crippen molar-refractivity contribution in [2.75, 3.05) is 0 Å². The molecule has 0 aliphatic carbocycles. The number of hydrogen-bond donors (Lipinski definition) is 1. The molecule has 0 aliphatic heterocycles. The molecule has 3 rings (SSSR count). The van der Waals surface area contributed by atoms with E-state index in [-0.39, 0.29) is 5.78 Å². The smallest absolute Gasteiger partial charge is 0.178 e. The molecule has 1 N–H and O–H groups in total. The van der Waals surface area contributed by atoms with Crippen molar-refractivity contribution in [2.45, 2.75) is 6.92 Å². The number of ether oxygens (including phenoxy) is 1. The van der Waals surface area contributed by atoms with Gasteiger partial charge in [0, 0.05) is 36.3 Å². The standard InChI is InChI=1S/C15H12N2O2/c1-10(18)15-9-13(5-7-17-15)19-12-2-3-14-11(8-12)4-6-16-14/h2-9,16H,1H3. The summed E-state index contributed by atoms with van der Waals surface area (Å²) in [6, 6.07) is 11.1. The van der Waals surface area contributed by atoms with Gasteiger partial charge < -0.3 is 9.72 Å². The predicted octanol–water partition coefficient (Wildman–Crippen LogP) is 3.56. The van der Waals surface area contributed by atoms with Crippen molar-refractivity contribution in [1.82, 2.24) is 9.97 Å². The Morgan fingerprint density at radius 1 is 1.16 bits per heavy atom. The fraction of sp³-hybridized carbons (Fsp3) is 0.0667. The van der Waals surface area contributed by atoms with E-state index >= 15 is 0 Å². The molecule has 4 heteroatoms. The van der Waals surface area contributed by atoms with Gasteiger partial charge in [0.1, 0.15) is 17.2 Å². The van der Waals surface area contributed by atoms with Gasteiger partial charge in [-0.3, -0.25) is 9.78 Å². The molecule has 1 aromatic carbocycles. The van der Waals surface area contributed by atoms with Gasteiger partial charge >= 0.3 is 0 Å². The van der Waals surface area contributed by atoms with Crippen LogP contribution in [0.25, 0.3) is 10.9 Å². The first-order valence-corrected chi connectivity index (χ1v) is 5.94. The molecule has 4 nitrogen and oxygen atoms in total. The maximum atomic E-state index is 11.3. The molecule has 0 amide bonds. The number of rotatable bonds is 3. The van der Waals surface area contributed by atoms with Crippen molar-refractivity contribution < 1.29 is 9.53 Å². The lowest BCUT2D eigenvalue weighted by Crippen LogP contribution is -1.96. The minimum absolute atomic E-state index is 0.0773. The van der Waals surface area contributed by atoms with E-state index < -0.39 is 0 Å². The molecule has 2 heterocycles. The van der Waals surface area contributed by atoms with Crippen LogP contribution >= 0.6 is 0 Å². The Morgan fingerprint density at radius 3 is 2.84 bits per heavy atom. The summed E-state index contributed by atoms with van der Waals surface area (Å²) in [6.07, 6.45) is 3.45. The third-order valence-electron chi connectivity index (χ3n) is 2.85. The first-order chi connectivity index (χ1) is 9.22. The van der Waals surface area contributed by atoms with Gasteiger partial charge in [0.05, 0.1) is 0 Å². The van der Waals surface area contributed by atoms with E-state index in [0.717, 1.165) is 16.7 Å². The number of nitrogens with one attached hydrogen (secondary N) is 1. The minimum atomic E-state index is -0.0773. The van der Waals surface area contributed by atoms with Crippen molar-refractivity contribution in [1.29, 1.82) is 0 Å². The number of hydrogen-bond acceptors (Lipinski definition) is 3. The second-order valence-corrected chi connectivity index (χ2v) is 4.26. The normalized spacial score (nSPS) is 10.6. The Balaban J connectivity index is 1.91. The van der Waals surface area contributed by atoms with Crippen molar-refractivity contribution in [2.24, 2.45) is 0 Å². The zero-order valence-electron chi connectivity index (χ0n) is 10.4. The van der Waals surface area contributed by atoms with E-state index in [2.05, 4.69) is 9.97 Å².